The number of likely N-dealkylation sites (tertiary alicyclic amines) is 1. The highest BCUT2D eigenvalue weighted by molar-refractivity contribution is 7.99. The van der Waals surface area contributed by atoms with Crippen molar-refractivity contribution in [2.75, 3.05) is 31.6 Å². The monoisotopic (exact) mass is 214 g/mol. The topological polar surface area (TPSA) is 15.3 Å². The summed E-state index contributed by atoms with van der Waals surface area (Å²) >= 11 is 2.09. The van der Waals surface area contributed by atoms with E-state index in [0.29, 0.717) is 0 Å². The summed E-state index contributed by atoms with van der Waals surface area (Å²) in [5.41, 5.74) is 0. The van der Waals surface area contributed by atoms with Crippen molar-refractivity contribution in [2.24, 2.45) is 0 Å². The smallest absolute Gasteiger partial charge is 0.0166 e. The lowest BCUT2D eigenvalue weighted by atomic mass is 10.1. The molecule has 0 radical (unpaired) electrons. The standard InChI is InChI=1S/C11H22N2S/c1-13-7-2-3-11(13)4-6-12-10-5-8-14-9-10/h10-12H,2-9H2,1H3/t10-,11+/m0/s1. The molecule has 2 saturated heterocycles. The van der Waals surface area contributed by atoms with Gasteiger partial charge in [0.15, 0.2) is 0 Å². The van der Waals surface area contributed by atoms with Crippen LogP contribution in [0.4, 0.5) is 0 Å². The van der Waals surface area contributed by atoms with Gasteiger partial charge in [-0.05, 0) is 51.6 Å². The van der Waals surface area contributed by atoms with Crippen LogP contribution < -0.4 is 5.32 Å². The van der Waals surface area contributed by atoms with Gasteiger partial charge in [-0.3, -0.25) is 0 Å². The van der Waals surface area contributed by atoms with E-state index in [1.165, 1.54) is 50.3 Å². The molecule has 82 valence electrons. The normalized spacial score (nSPS) is 34.1. The van der Waals surface area contributed by atoms with Crippen molar-refractivity contribution in [3.63, 3.8) is 0 Å². The van der Waals surface area contributed by atoms with Crippen LogP contribution in [0, 0.1) is 0 Å². The lowest BCUT2D eigenvalue weighted by molar-refractivity contribution is 0.291. The van der Waals surface area contributed by atoms with E-state index in [4.69, 9.17) is 0 Å². The van der Waals surface area contributed by atoms with Gasteiger partial charge in [-0.15, -0.1) is 0 Å². The molecular weight excluding hydrogens is 192 g/mol. The number of thioether (sulfide) groups is 1. The van der Waals surface area contributed by atoms with E-state index in [9.17, 15) is 0 Å². The molecule has 0 bridgehead atoms. The molecule has 3 heteroatoms. The van der Waals surface area contributed by atoms with Crippen LogP contribution in [0.1, 0.15) is 25.7 Å². The van der Waals surface area contributed by atoms with Gasteiger partial charge in [0.05, 0.1) is 0 Å². The van der Waals surface area contributed by atoms with Crippen LogP contribution in [-0.2, 0) is 0 Å². The molecule has 2 heterocycles. The Morgan fingerprint density at radius 1 is 1.43 bits per heavy atom. The van der Waals surface area contributed by atoms with Crippen LogP contribution in [-0.4, -0.2) is 48.6 Å². The van der Waals surface area contributed by atoms with E-state index >= 15 is 0 Å². The summed E-state index contributed by atoms with van der Waals surface area (Å²) in [5, 5.41) is 3.68. The van der Waals surface area contributed by atoms with Crippen molar-refractivity contribution in [3.05, 3.63) is 0 Å². The Labute approximate surface area is 91.8 Å². The molecule has 0 amide bonds. The van der Waals surface area contributed by atoms with Gasteiger partial charge in [0, 0.05) is 17.8 Å². The molecule has 2 fully saturated rings. The number of rotatable bonds is 4. The van der Waals surface area contributed by atoms with E-state index in [1.54, 1.807) is 0 Å². The van der Waals surface area contributed by atoms with Crippen molar-refractivity contribution < 1.29 is 0 Å². The second-order valence-corrected chi connectivity index (χ2v) is 5.73. The molecule has 2 aliphatic rings. The fourth-order valence-electron chi connectivity index (χ4n) is 2.49. The molecule has 0 spiro atoms. The highest BCUT2D eigenvalue weighted by Gasteiger charge is 2.21. The lowest BCUT2D eigenvalue weighted by Gasteiger charge is -2.20. The molecule has 2 rings (SSSR count). The van der Waals surface area contributed by atoms with Crippen LogP contribution in [0.25, 0.3) is 0 Å². The van der Waals surface area contributed by atoms with Gasteiger partial charge in [0.2, 0.25) is 0 Å². The predicted octanol–water partition coefficient (Wildman–Crippen LogP) is 1.57. The maximum absolute atomic E-state index is 3.68. The Hall–Kier alpha value is 0.270. The van der Waals surface area contributed by atoms with Crippen LogP contribution in [0.2, 0.25) is 0 Å². The van der Waals surface area contributed by atoms with Gasteiger partial charge >= 0.3 is 0 Å². The molecule has 0 aromatic rings. The van der Waals surface area contributed by atoms with E-state index in [0.717, 1.165) is 12.1 Å². The molecule has 2 nitrogen and oxygen atoms in total. The summed E-state index contributed by atoms with van der Waals surface area (Å²) in [6, 6.07) is 1.67. The van der Waals surface area contributed by atoms with Crippen molar-refractivity contribution in [1.29, 1.82) is 0 Å². The number of nitrogens with one attached hydrogen (secondary N) is 1. The molecule has 14 heavy (non-hydrogen) atoms. The summed E-state index contributed by atoms with van der Waals surface area (Å²) in [7, 11) is 2.27. The van der Waals surface area contributed by atoms with Gasteiger partial charge in [0.1, 0.15) is 0 Å². The zero-order valence-electron chi connectivity index (χ0n) is 9.17. The quantitative estimate of drug-likeness (QED) is 0.765. The molecular formula is C11H22N2S. The average molecular weight is 214 g/mol. The number of hydrogen-bond donors (Lipinski definition) is 1. The highest BCUT2D eigenvalue weighted by Crippen LogP contribution is 2.19. The van der Waals surface area contributed by atoms with Crippen LogP contribution >= 0.6 is 11.8 Å². The molecule has 0 aromatic heterocycles. The van der Waals surface area contributed by atoms with Gasteiger partial charge < -0.3 is 10.2 Å². The number of hydrogen-bond acceptors (Lipinski definition) is 3. The molecule has 0 aromatic carbocycles. The average Bonchev–Trinajstić information content (AvgIpc) is 2.78. The van der Waals surface area contributed by atoms with Gasteiger partial charge in [-0.1, -0.05) is 0 Å². The SMILES string of the molecule is CN1CCC[C@@H]1CCN[C@H]1CCSC1. The minimum absolute atomic E-state index is 0.812. The third kappa shape index (κ3) is 2.88. The van der Waals surface area contributed by atoms with E-state index in [2.05, 4.69) is 29.0 Å². The van der Waals surface area contributed by atoms with E-state index in [1.807, 2.05) is 0 Å². The Kier molecular flexibility index (Phi) is 4.14. The summed E-state index contributed by atoms with van der Waals surface area (Å²) in [5.74, 6) is 2.70. The van der Waals surface area contributed by atoms with Crippen LogP contribution in [0.15, 0.2) is 0 Å². The highest BCUT2D eigenvalue weighted by atomic mass is 32.2. The first-order valence-corrected chi connectivity index (χ1v) is 7.03. The maximum Gasteiger partial charge on any atom is 0.0166 e. The third-order valence-electron chi connectivity index (χ3n) is 3.51. The fraction of sp³-hybridized carbons (Fsp3) is 1.00. The Balaban J connectivity index is 1.57. The molecule has 1 N–H and O–H groups in total. The Morgan fingerprint density at radius 2 is 2.36 bits per heavy atom. The zero-order chi connectivity index (χ0) is 9.80. The Morgan fingerprint density at radius 3 is 3.00 bits per heavy atom. The van der Waals surface area contributed by atoms with Gasteiger partial charge in [0.25, 0.3) is 0 Å². The Bertz CT molecular complexity index is 169. The molecule has 2 atom stereocenters. The van der Waals surface area contributed by atoms with Gasteiger partial charge in [-0.25, -0.2) is 0 Å². The second kappa shape index (κ2) is 5.38. The summed E-state index contributed by atoms with van der Waals surface area (Å²) in [6.07, 6.45) is 5.54. The molecule has 2 aliphatic heterocycles. The molecule has 0 saturated carbocycles. The van der Waals surface area contributed by atoms with Crippen molar-refractivity contribution >= 4 is 11.8 Å². The van der Waals surface area contributed by atoms with E-state index in [-0.39, 0.29) is 0 Å². The van der Waals surface area contributed by atoms with Crippen molar-refractivity contribution in [2.45, 2.75) is 37.8 Å². The first kappa shape index (κ1) is 10.8. The van der Waals surface area contributed by atoms with Gasteiger partial charge in [-0.2, -0.15) is 11.8 Å². The zero-order valence-corrected chi connectivity index (χ0v) is 9.98. The van der Waals surface area contributed by atoms with Crippen molar-refractivity contribution in [1.82, 2.24) is 10.2 Å². The second-order valence-electron chi connectivity index (χ2n) is 4.58. The largest absolute Gasteiger partial charge is 0.313 e. The minimum atomic E-state index is 0.812. The van der Waals surface area contributed by atoms with E-state index < -0.39 is 0 Å². The summed E-state index contributed by atoms with van der Waals surface area (Å²) in [6.45, 7) is 2.53. The molecule has 0 unspecified atom stereocenters. The fourth-order valence-corrected chi connectivity index (χ4v) is 3.68. The van der Waals surface area contributed by atoms with Crippen molar-refractivity contribution in [3.8, 4) is 0 Å². The number of nitrogens with zero attached hydrogens (tertiary/aromatic N) is 1. The maximum atomic E-state index is 3.68. The van der Waals surface area contributed by atoms with Crippen LogP contribution in [0.3, 0.4) is 0 Å². The summed E-state index contributed by atoms with van der Waals surface area (Å²) in [4.78, 5) is 2.52. The first-order chi connectivity index (χ1) is 6.86. The molecule has 0 aliphatic carbocycles. The first-order valence-electron chi connectivity index (χ1n) is 5.87. The minimum Gasteiger partial charge on any atom is -0.313 e. The summed E-state index contributed by atoms with van der Waals surface area (Å²) < 4.78 is 0. The predicted molar refractivity (Wildman–Crippen MR) is 64.0 cm³/mol. The lowest BCUT2D eigenvalue weighted by Crippen LogP contribution is -2.34. The third-order valence-corrected chi connectivity index (χ3v) is 4.67. The van der Waals surface area contributed by atoms with Crippen LogP contribution in [0.5, 0.6) is 0 Å².